The lowest BCUT2D eigenvalue weighted by atomic mass is 10.2. The molecule has 0 radical (unpaired) electrons. The first-order chi connectivity index (χ1) is 6.88. The van der Waals surface area contributed by atoms with E-state index in [4.69, 9.17) is 10.4 Å². The van der Waals surface area contributed by atoms with E-state index in [9.17, 15) is 0 Å². The standard InChI is InChI=1S/C8H9N5O/c9-12-8-11-7(13-14-8)5-6-1-3-10-4-2-6/h1-4H,5,9H2,(H,11,12,13). The van der Waals surface area contributed by atoms with Crippen LogP contribution < -0.4 is 11.3 Å². The molecule has 3 N–H and O–H groups in total. The van der Waals surface area contributed by atoms with E-state index >= 15 is 0 Å². The van der Waals surface area contributed by atoms with Gasteiger partial charge in [0.2, 0.25) is 0 Å². The second-order valence-corrected chi connectivity index (χ2v) is 2.69. The van der Waals surface area contributed by atoms with Crippen molar-refractivity contribution in [3.05, 3.63) is 35.9 Å². The summed E-state index contributed by atoms with van der Waals surface area (Å²) in [5, 5.41) is 3.73. The van der Waals surface area contributed by atoms with Crippen molar-refractivity contribution in [1.82, 2.24) is 15.1 Å². The van der Waals surface area contributed by atoms with E-state index in [1.807, 2.05) is 12.1 Å². The molecule has 6 nitrogen and oxygen atoms in total. The molecule has 0 bridgehead atoms. The van der Waals surface area contributed by atoms with Gasteiger partial charge in [-0.1, -0.05) is 5.16 Å². The second kappa shape index (κ2) is 3.84. The zero-order valence-corrected chi connectivity index (χ0v) is 7.34. The monoisotopic (exact) mass is 191 g/mol. The second-order valence-electron chi connectivity index (χ2n) is 2.69. The summed E-state index contributed by atoms with van der Waals surface area (Å²) in [6.07, 6.45) is 4.04. The molecule has 0 aromatic carbocycles. The average molecular weight is 191 g/mol. The molecule has 0 spiro atoms. The van der Waals surface area contributed by atoms with Crippen LogP contribution in [0.15, 0.2) is 29.0 Å². The molecular formula is C8H9N5O. The number of hydrogen-bond acceptors (Lipinski definition) is 6. The molecule has 2 aromatic heterocycles. The number of nitrogens with zero attached hydrogens (tertiary/aromatic N) is 3. The first-order valence-electron chi connectivity index (χ1n) is 4.06. The number of nitrogen functional groups attached to an aromatic ring is 1. The summed E-state index contributed by atoms with van der Waals surface area (Å²) < 4.78 is 4.77. The smallest absolute Gasteiger partial charge is 0.314 e. The predicted molar refractivity (Wildman–Crippen MR) is 49.2 cm³/mol. The fraction of sp³-hybridized carbons (Fsp3) is 0.125. The third-order valence-corrected chi connectivity index (χ3v) is 1.70. The van der Waals surface area contributed by atoms with E-state index in [2.05, 4.69) is 20.6 Å². The van der Waals surface area contributed by atoms with Gasteiger partial charge in [-0.2, -0.15) is 4.98 Å². The van der Waals surface area contributed by atoms with Gasteiger partial charge in [-0.25, -0.2) is 5.84 Å². The quantitative estimate of drug-likeness (QED) is 0.537. The lowest BCUT2D eigenvalue weighted by Crippen LogP contribution is -2.06. The largest absolute Gasteiger partial charge is 0.335 e. The number of aromatic nitrogens is 3. The van der Waals surface area contributed by atoms with Crippen molar-refractivity contribution in [3.8, 4) is 0 Å². The number of pyridine rings is 1. The molecule has 72 valence electrons. The summed E-state index contributed by atoms with van der Waals surface area (Å²) in [7, 11) is 0. The van der Waals surface area contributed by atoms with Crippen LogP contribution in [0.25, 0.3) is 0 Å². The lowest BCUT2D eigenvalue weighted by Gasteiger charge is -1.93. The van der Waals surface area contributed by atoms with Gasteiger partial charge in [0.05, 0.1) is 0 Å². The molecule has 2 rings (SSSR count). The van der Waals surface area contributed by atoms with Crippen molar-refractivity contribution in [1.29, 1.82) is 0 Å². The maximum absolute atomic E-state index is 5.10. The van der Waals surface area contributed by atoms with Crippen LogP contribution >= 0.6 is 0 Å². The van der Waals surface area contributed by atoms with Crippen LogP contribution in [-0.4, -0.2) is 15.1 Å². The van der Waals surface area contributed by atoms with Crippen LogP contribution in [0.2, 0.25) is 0 Å². The van der Waals surface area contributed by atoms with Gasteiger partial charge in [0.25, 0.3) is 0 Å². The number of rotatable bonds is 3. The van der Waals surface area contributed by atoms with E-state index in [0.717, 1.165) is 5.56 Å². The van der Waals surface area contributed by atoms with Gasteiger partial charge in [0.1, 0.15) is 0 Å². The summed E-state index contributed by atoms with van der Waals surface area (Å²) in [5.74, 6) is 5.69. The molecule has 0 unspecified atom stereocenters. The number of hydrazine groups is 1. The SMILES string of the molecule is NNc1nc(Cc2ccncc2)no1. The summed E-state index contributed by atoms with van der Waals surface area (Å²) >= 11 is 0. The van der Waals surface area contributed by atoms with Gasteiger partial charge in [0.15, 0.2) is 5.82 Å². The highest BCUT2D eigenvalue weighted by atomic mass is 16.5. The maximum Gasteiger partial charge on any atom is 0.335 e. The van der Waals surface area contributed by atoms with Gasteiger partial charge in [-0.15, -0.1) is 0 Å². The van der Waals surface area contributed by atoms with Crippen molar-refractivity contribution in [2.45, 2.75) is 6.42 Å². The maximum atomic E-state index is 5.10. The first kappa shape index (κ1) is 8.64. The van der Waals surface area contributed by atoms with Crippen LogP contribution in [0.4, 0.5) is 6.01 Å². The van der Waals surface area contributed by atoms with Crippen molar-refractivity contribution in [2.24, 2.45) is 5.84 Å². The Labute approximate surface area is 80.1 Å². The fourth-order valence-electron chi connectivity index (χ4n) is 1.07. The number of nitrogens with one attached hydrogen (secondary N) is 1. The van der Waals surface area contributed by atoms with Gasteiger partial charge in [0, 0.05) is 18.8 Å². The molecule has 6 heteroatoms. The van der Waals surface area contributed by atoms with Crippen molar-refractivity contribution < 1.29 is 4.52 Å². The minimum atomic E-state index is 0.217. The Morgan fingerprint density at radius 2 is 2.14 bits per heavy atom. The molecule has 0 atom stereocenters. The predicted octanol–water partition coefficient (Wildman–Crippen LogP) is 0.341. The zero-order chi connectivity index (χ0) is 9.80. The normalized spacial score (nSPS) is 10.1. The molecule has 0 amide bonds. The summed E-state index contributed by atoms with van der Waals surface area (Å²) in [5.41, 5.74) is 3.35. The number of hydrogen-bond donors (Lipinski definition) is 2. The molecule has 0 aliphatic rings. The molecule has 0 fully saturated rings. The minimum absolute atomic E-state index is 0.217. The number of anilines is 1. The Hall–Kier alpha value is -1.95. The van der Waals surface area contributed by atoms with Gasteiger partial charge in [-0.05, 0) is 17.7 Å². The van der Waals surface area contributed by atoms with Crippen LogP contribution in [0.3, 0.4) is 0 Å². The molecule has 2 aromatic rings. The Morgan fingerprint density at radius 1 is 1.36 bits per heavy atom. The minimum Gasteiger partial charge on any atom is -0.314 e. The Kier molecular flexibility index (Phi) is 2.37. The fourth-order valence-corrected chi connectivity index (χ4v) is 1.07. The summed E-state index contributed by atoms with van der Waals surface area (Å²) in [6.45, 7) is 0. The third kappa shape index (κ3) is 1.86. The van der Waals surface area contributed by atoms with Crippen LogP contribution in [-0.2, 0) is 6.42 Å². The highest BCUT2D eigenvalue weighted by molar-refractivity contribution is 5.19. The Morgan fingerprint density at radius 3 is 2.79 bits per heavy atom. The van der Waals surface area contributed by atoms with Crippen LogP contribution in [0.5, 0.6) is 0 Å². The Balaban J connectivity index is 2.11. The third-order valence-electron chi connectivity index (χ3n) is 1.70. The van der Waals surface area contributed by atoms with Crippen molar-refractivity contribution in [2.75, 3.05) is 5.43 Å². The van der Waals surface area contributed by atoms with E-state index in [1.54, 1.807) is 12.4 Å². The molecule has 0 aliphatic heterocycles. The highest BCUT2D eigenvalue weighted by Crippen LogP contribution is 2.07. The van der Waals surface area contributed by atoms with E-state index in [-0.39, 0.29) is 6.01 Å². The lowest BCUT2D eigenvalue weighted by molar-refractivity contribution is 0.424. The van der Waals surface area contributed by atoms with Crippen molar-refractivity contribution >= 4 is 6.01 Å². The summed E-state index contributed by atoms with van der Waals surface area (Å²) in [4.78, 5) is 7.90. The van der Waals surface area contributed by atoms with Crippen LogP contribution in [0.1, 0.15) is 11.4 Å². The molecule has 0 aliphatic carbocycles. The number of nitrogens with two attached hydrogens (primary N) is 1. The Bertz CT molecular complexity index is 399. The van der Waals surface area contributed by atoms with Gasteiger partial charge in [-0.3, -0.25) is 10.4 Å². The average Bonchev–Trinajstić information content (AvgIpc) is 2.67. The highest BCUT2D eigenvalue weighted by Gasteiger charge is 2.04. The first-order valence-corrected chi connectivity index (χ1v) is 4.06. The topological polar surface area (TPSA) is 89.9 Å². The molecule has 14 heavy (non-hydrogen) atoms. The summed E-state index contributed by atoms with van der Waals surface area (Å²) in [6, 6.07) is 4.01. The van der Waals surface area contributed by atoms with Crippen LogP contribution in [0, 0.1) is 0 Å². The molecular weight excluding hydrogens is 182 g/mol. The molecule has 0 saturated heterocycles. The van der Waals surface area contributed by atoms with E-state index < -0.39 is 0 Å². The molecule has 0 saturated carbocycles. The van der Waals surface area contributed by atoms with E-state index in [1.165, 1.54) is 0 Å². The van der Waals surface area contributed by atoms with Gasteiger partial charge >= 0.3 is 6.01 Å². The van der Waals surface area contributed by atoms with E-state index in [0.29, 0.717) is 12.2 Å². The zero-order valence-electron chi connectivity index (χ0n) is 7.34. The van der Waals surface area contributed by atoms with Crippen molar-refractivity contribution in [3.63, 3.8) is 0 Å². The van der Waals surface area contributed by atoms with Gasteiger partial charge < -0.3 is 4.52 Å². The molecule has 2 heterocycles.